The maximum absolute atomic E-state index is 13.3. The van der Waals surface area contributed by atoms with Crippen molar-refractivity contribution in [3.8, 4) is 6.07 Å². The van der Waals surface area contributed by atoms with E-state index in [0.717, 1.165) is 0 Å². The van der Waals surface area contributed by atoms with Crippen molar-refractivity contribution < 1.29 is 23.1 Å². The lowest BCUT2D eigenvalue weighted by Crippen LogP contribution is -2.47. The van der Waals surface area contributed by atoms with Crippen molar-refractivity contribution in [1.82, 2.24) is 10.2 Å². The summed E-state index contributed by atoms with van der Waals surface area (Å²) in [6.45, 7) is 0.784. The van der Waals surface area contributed by atoms with Crippen LogP contribution in [0.15, 0.2) is 35.2 Å². The fourth-order valence-electron chi connectivity index (χ4n) is 4.65. The van der Waals surface area contributed by atoms with Crippen LogP contribution in [-0.4, -0.2) is 60.2 Å². The molecular formula is C22H27N3O5S. The lowest BCUT2D eigenvalue weighted by molar-refractivity contribution is -0.142. The van der Waals surface area contributed by atoms with E-state index in [1.165, 1.54) is 12.1 Å². The van der Waals surface area contributed by atoms with Gasteiger partial charge in [-0.15, -0.1) is 0 Å². The first-order valence-electron chi connectivity index (χ1n) is 10.7. The molecule has 3 aliphatic rings. The third kappa shape index (κ3) is 4.32. The lowest BCUT2D eigenvalue weighted by Gasteiger charge is -2.33. The van der Waals surface area contributed by atoms with Gasteiger partial charge in [-0.3, -0.25) is 9.59 Å². The molecule has 3 fully saturated rings. The number of aliphatic hydroxyl groups excluding tert-OH is 1. The Labute approximate surface area is 182 Å². The number of aliphatic hydroxyl groups is 1. The minimum atomic E-state index is -3.70. The number of carbonyl (C=O) groups excluding carboxylic acids is 2. The van der Waals surface area contributed by atoms with E-state index in [9.17, 15) is 28.4 Å². The van der Waals surface area contributed by atoms with Gasteiger partial charge in [0.15, 0.2) is 9.84 Å². The van der Waals surface area contributed by atoms with Gasteiger partial charge < -0.3 is 15.3 Å². The zero-order valence-electron chi connectivity index (χ0n) is 17.2. The highest BCUT2D eigenvalue weighted by atomic mass is 32.2. The van der Waals surface area contributed by atoms with Crippen molar-refractivity contribution in [2.45, 2.75) is 60.3 Å². The van der Waals surface area contributed by atoms with Crippen molar-refractivity contribution in [2.24, 2.45) is 11.8 Å². The molecule has 1 saturated heterocycles. The van der Waals surface area contributed by atoms with Crippen LogP contribution in [0.4, 0.5) is 0 Å². The molecule has 1 heterocycles. The molecule has 1 aliphatic heterocycles. The number of amides is 2. The number of carbonyl (C=O) groups is 2. The van der Waals surface area contributed by atoms with Crippen LogP contribution in [0.25, 0.3) is 0 Å². The first kappa shape index (κ1) is 21.8. The van der Waals surface area contributed by atoms with Crippen molar-refractivity contribution in [3.05, 3.63) is 30.3 Å². The maximum Gasteiger partial charge on any atom is 0.226 e. The topological polar surface area (TPSA) is 128 Å². The molecule has 4 rings (SSSR count). The van der Waals surface area contributed by atoms with E-state index in [1.54, 1.807) is 23.1 Å². The first-order valence-corrected chi connectivity index (χ1v) is 12.3. The SMILES string of the molecule is N#CC1(NC(=O)[C@@H]2CC(S(=O)(=O)c3ccccc3)C[C@H]2C(=O)N2CCC(O)CC2)CC1. The molecule has 0 radical (unpaired) electrons. The number of piperidine rings is 1. The maximum atomic E-state index is 13.3. The zero-order chi connectivity index (χ0) is 22.2. The summed E-state index contributed by atoms with van der Waals surface area (Å²) in [6.07, 6.45) is 1.76. The standard InChI is InChI=1S/C22H27N3O5S/c23-14-22(8-9-22)24-20(27)18-12-17(31(29,30)16-4-2-1-3-5-16)13-19(18)21(28)25-10-6-15(26)7-11-25/h1-5,15,17-19,26H,6-13H2,(H,24,27)/t17?,18-,19-/m1/s1. The summed E-state index contributed by atoms with van der Waals surface area (Å²) in [5.41, 5.74) is -0.879. The Morgan fingerprint density at radius 2 is 1.71 bits per heavy atom. The van der Waals surface area contributed by atoms with Crippen molar-refractivity contribution in [1.29, 1.82) is 5.26 Å². The molecular weight excluding hydrogens is 418 g/mol. The average Bonchev–Trinajstić information content (AvgIpc) is 3.39. The largest absolute Gasteiger partial charge is 0.393 e. The highest BCUT2D eigenvalue weighted by Gasteiger charge is 2.52. The van der Waals surface area contributed by atoms with Gasteiger partial charge in [0.25, 0.3) is 0 Å². The Morgan fingerprint density at radius 1 is 1.10 bits per heavy atom. The second-order valence-corrected chi connectivity index (χ2v) is 11.1. The number of benzene rings is 1. The van der Waals surface area contributed by atoms with Gasteiger partial charge in [0.2, 0.25) is 11.8 Å². The molecule has 166 valence electrons. The Morgan fingerprint density at radius 3 is 2.29 bits per heavy atom. The molecule has 0 aromatic heterocycles. The fraction of sp³-hybridized carbons (Fsp3) is 0.591. The van der Waals surface area contributed by atoms with E-state index in [2.05, 4.69) is 11.4 Å². The molecule has 31 heavy (non-hydrogen) atoms. The Kier molecular flexibility index (Phi) is 5.79. The third-order valence-corrected chi connectivity index (χ3v) is 8.98. The normalized spacial score (nSPS) is 28.0. The van der Waals surface area contributed by atoms with Gasteiger partial charge in [-0.25, -0.2) is 8.42 Å². The van der Waals surface area contributed by atoms with Crippen LogP contribution < -0.4 is 5.32 Å². The molecule has 0 bridgehead atoms. The van der Waals surface area contributed by atoms with E-state index in [1.807, 2.05) is 0 Å². The Balaban J connectivity index is 1.58. The summed E-state index contributed by atoms with van der Waals surface area (Å²) < 4.78 is 26.4. The highest BCUT2D eigenvalue weighted by Crippen LogP contribution is 2.41. The minimum Gasteiger partial charge on any atom is -0.393 e. The van der Waals surface area contributed by atoms with Gasteiger partial charge in [0, 0.05) is 13.1 Å². The van der Waals surface area contributed by atoms with E-state index < -0.39 is 44.5 Å². The van der Waals surface area contributed by atoms with Crippen molar-refractivity contribution in [3.63, 3.8) is 0 Å². The van der Waals surface area contributed by atoms with Gasteiger partial charge >= 0.3 is 0 Å². The van der Waals surface area contributed by atoms with Crippen LogP contribution in [0, 0.1) is 23.2 Å². The monoisotopic (exact) mass is 445 g/mol. The number of rotatable bonds is 5. The van der Waals surface area contributed by atoms with E-state index in [0.29, 0.717) is 38.8 Å². The lowest BCUT2D eigenvalue weighted by atomic mass is 9.92. The van der Waals surface area contributed by atoms with Crippen molar-refractivity contribution in [2.75, 3.05) is 13.1 Å². The smallest absolute Gasteiger partial charge is 0.226 e. The second-order valence-electron chi connectivity index (χ2n) is 8.90. The number of hydrogen-bond donors (Lipinski definition) is 2. The third-order valence-electron chi connectivity index (χ3n) is 6.79. The minimum absolute atomic E-state index is 0.0530. The predicted molar refractivity (Wildman–Crippen MR) is 111 cm³/mol. The van der Waals surface area contributed by atoms with E-state index in [4.69, 9.17) is 0 Å². The number of nitrogens with zero attached hydrogens (tertiary/aromatic N) is 2. The molecule has 8 nitrogen and oxygen atoms in total. The molecule has 0 spiro atoms. The molecule has 2 aliphatic carbocycles. The number of sulfone groups is 1. The summed E-state index contributed by atoms with van der Waals surface area (Å²) in [6, 6.07) is 10.2. The van der Waals surface area contributed by atoms with Crippen LogP contribution in [0.1, 0.15) is 38.5 Å². The number of nitrogens with one attached hydrogen (secondary N) is 1. The van der Waals surface area contributed by atoms with Gasteiger partial charge in [0.1, 0.15) is 5.54 Å². The fourth-order valence-corrected chi connectivity index (χ4v) is 6.49. The molecule has 2 N–H and O–H groups in total. The van der Waals surface area contributed by atoms with Gasteiger partial charge in [-0.1, -0.05) is 18.2 Å². The highest BCUT2D eigenvalue weighted by molar-refractivity contribution is 7.92. The Hall–Kier alpha value is -2.44. The predicted octanol–water partition coefficient (Wildman–Crippen LogP) is 1.01. The molecule has 2 amide bonds. The molecule has 2 saturated carbocycles. The number of nitriles is 1. The van der Waals surface area contributed by atoms with Gasteiger partial charge in [0.05, 0.1) is 34.2 Å². The summed E-state index contributed by atoms with van der Waals surface area (Å²) in [4.78, 5) is 28.2. The van der Waals surface area contributed by atoms with Crippen LogP contribution in [0.3, 0.4) is 0 Å². The zero-order valence-corrected chi connectivity index (χ0v) is 18.1. The van der Waals surface area contributed by atoms with Gasteiger partial charge in [-0.05, 0) is 50.7 Å². The molecule has 9 heteroatoms. The van der Waals surface area contributed by atoms with Gasteiger partial charge in [-0.2, -0.15) is 5.26 Å². The molecule has 1 unspecified atom stereocenters. The molecule has 1 aromatic rings. The van der Waals surface area contributed by atoms with Crippen LogP contribution in [0.2, 0.25) is 0 Å². The van der Waals surface area contributed by atoms with E-state index >= 15 is 0 Å². The van der Waals surface area contributed by atoms with E-state index in [-0.39, 0.29) is 23.6 Å². The quantitative estimate of drug-likeness (QED) is 0.696. The summed E-state index contributed by atoms with van der Waals surface area (Å²) >= 11 is 0. The Bertz CT molecular complexity index is 992. The molecule has 1 aromatic carbocycles. The van der Waals surface area contributed by atoms with Crippen molar-refractivity contribution >= 4 is 21.7 Å². The number of likely N-dealkylation sites (tertiary alicyclic amines) is 1. The summed E-state index contributed by atoms with van der Waals surface area (Å²) in [5.74, 6) is -2.21. The molecule has 3 atom stereocenters. The van der Waals surface area contributed by atoms with Crippen LogP contribution >= 0.6 is 0 Å². The average molecular weight is 446 g/mol. The van der Waals surface area contributed by atoms with Crippen LogP contribution in [0.5, 0.6) is 0 Å². The van der Waals surface area contributed by atoms with Crippen LogP contribution in [-0.2, 0) is 19.4 Å². The first-order chi connectivity index (χ1) is 14.8. The summed E-state index contributed by atoms with van der Waals surface area (Å²) in [5, 5.41) is 21.0. The number of hydrogen-bond acceptors (Lipinski definition) is 6. The summed E-state index contributed by atoms with van der Waals surface area (Å²) in [7, 11) is -3.70. The second kappa shape index (κ2) is 8.24.